The van der Waals surface area contributed by atoms with E-state index in [9.17, 15) is 19.8 Å². The molecule has 4 aliphatic heterocycles. The Bertz CT molecular complexity index is 7130. The van der Waals surface area contributed by atoms with Gasteiger partial charge in [-0.05, 0) is 260 Å². The van der Waals surface area contributed by atoms with Crippen molar-refractivity contribution in [3.8, 4) is 89.8 Å². The molecule has 8 N–H and O–H groups in total. The van der Waals surface area contributed by atoms with Crippen LogP contribution in [0.3, 0.4) is 0 Å². The molecule has 0 aromatic heterocycles. The average molecular weight is 1890 g/mol. The number of halogens is 2. The number of carboxylic acids is 2. The number of hydrogen-bond donors (Lipinski definition) is 4. The van der Waals surface area contributed by atoms with Gasteiger partial charge in [-0.15, -0.1) is 0 Å². The molecule has 16 rings (SSSR count). The largest absolute Gasteiger partial charge is 1.00 e. The molecule has 4 aliphatic carbocycles. The van der Waals surface area contributed by atoms with E-state index in [1.165, 1.54) is 55.5 Å². The van der Waals surface area contributed by atoms with E-state index in [2.05, 4.69) is 284 Å². The summed E-state index contributed by atoms with van der Waals surface area (Å²) in [5.41, 5.74) is 49.7. The van der Waals surface area contributed by atoms with Gasteiger partial charge in [-0.1, -0.05) is 60.7 Å². The van der Waals surface area contributed by atoms with Gasteiger partial charge < -0.3 is 105 Å². The summed E-state index contributed by atoms with van der Waals surface area (Å²) >= 11 is 0. The normalized spacial score (nSPS) is 11.1. The van der Waals surface area contributed by atoms with Crippen LogP contribution in [0.15, 0.2) is 236 Å². The van der Waals surface area contributed by atoms with Crippen molar-refractivity contribution >= 4 is 84.3 Å². The van der Waals surface area contributed by atoms with Gasteiger partial charge in [0.15, 0.2) is 0 Å². The number of nitrogens with zero attached hydrogens (tertiary/aromatic N) is 8. The highest BCUT2D eigenvalue weighted by atomic mass is 35.5. The highest BCUT2D eigenvalue weighted by molar-refractivity contribution is 6.10. The van der Waals surface area contributed by atoms with Crippen molar-refractivity contribution in [1.29, 1.82) is 0 Å². The van der Waals surface area contributed by atoms with Crippen LogP contribution in [0.1, 0.15) is 159 Å². The first-order valence-electron chi connectivity index (χ1n) is 48.6. The lowest BCUT2D eigenvalue weighted by molar-refractivity contribution is -0.256. The van der Waals surface area contributed by atoms with Crippen molar-refractivity contribution < 1.29 is 62.3 Å². The molecule has 0 atom stereocenters. The van der Waals surface area contributed by atoms with E-state index in [0.717, 1.165) is 227 Å². The van der Waals surface area contributed by atoms with Gasteiger partial charge in [0, 0.05) is 226 Å². The van der Waals surface area contributed by atoms with Gasteiger partial charge in [0.05, 0.1) is 35.7 Å². The SMILES string of the molecule is CCN(CC)c1ccc2c(-c3ccc(CN)cc3C(=O)[O-])c3ccc(=[N+](CC)CC)cc-3oc2c1.CCN(CC)c1ccc2c(-c3ccc(CN)cc3C)c3ccc(=[N+](CC)CC)cc-3oc2c1.CCN(CC)c1ccc2c(-c3ccc(N)cc3C)c3ccc(=[N+](CC)CC)cc-3oc2c1.CCN(CC)c1ccc2c(-c3ccccc3C(=O)[O-])c3ccc(=[N+](CC)CC)c(CN)c-3oc2c1.[Cl-].[Cl-]. The van der Waals surface area contributed by atoms with Gasteiger partial charge in [-0.25, -0.2) is 18.3 Å². The van der Waals surface area contributed by atoms with Crippen molar-refractivity contribution in [3.05, 3.63) is 279 Å². The fourth-order valence-electron chi connectivity index (χ4n) is 19.4. The lowest BCUT2D eigenvalue weighted by Gasteiger charge is -2.23. The molecule has 20 nitrogen and oxygen atoms in total. The number of rotatable bonds is 29. The van der Waals surface area contributed by atoms with E-state index in [0.29, 0.717) is 46.9 Å². The van der Waals surface area contributed by atoms with Gasteiger partial charge in [0.25, 0.3) is 0 Å². The van der Waals surface area contributed by atoms with Crippen LogP contribution in [0.4, 0.5) is 28.4 Å². The molecule has 718 valence electrons. The van der Waals surface area contributed by atoms with Crippen molar-refractivity contribution in [1.82, 2.24) is 18.3 Å². The number of carbonyl (C=O) groups excluding carboxylic acids is 2. The Hall–Kier alpha value is -13.1. The quantitative estimate of drug-likeness (QED) is 0.0193. The number of nitrogens with two attached hydrogens (primary N) is 4. The van der Waals surface area contributed by atoms with Crippen LogP contribution in [-0.2, 0) is 19.6 Å². The Morgan fingerprint density at radius 3 is 0.964 bits per heavy atom. The standard InChI is InChI=1S/2C29H33N3O3.C29H36N3O.C28H33N3O.2ClH/c1-5-31(6-2)20-10-13-23-26(16-20)35-27-17-21(32(7-3)8-4)11-14-24(27)28(23)22-12-9-19(18-30)15-25(22)29(33)34;1-5-31(6-2)19-13-14-22-26(17-19)35-28-23(15-16-25(24(28)18-30)32(7-3)8-4)27(22)20-11-9-10-12-21(20)29(33)34;1-6-31(7-2)22-11-14-25-27(17-22)33-28-18-23(32(8-3)9-4)12-15-26(28)29(25)24-13-10-21(19-30)16-20(24)5;1-6-30(7-2)21-11-14-24-26(17-21)32-27-18-22(31(8-3)9-4)12-15-25(27)28(24)23-13-10-20(29)16-19(23)5;;/h2*9-17H,5-8,18,30H2,1-4H3;10-18H,6-9,19,30H2,1-5H3;10-18,29H,6-9H2,1-5H3;2*1H/q;;+1;;;/p-1. The molecule has 137 heavy (non-hydrogen) atoms. The minimum Gasteiger partial charge on any atom is -1.00 e. The third-order valence-corrected chi connectivity index (χ3v) is 26.8. The summed E-state index contributed by atoms with van der Waals surface area (Å²) in [6.45, 7) is 54.5. The van der Waals surface area contributed by atoms with E-state index in [1.807, 2.05) is 78.9 Å². The minimum atomic E-state index is -1.23. The maximum Gasteiger partial charge on any atom is 0.208 e. The van der Waals surface area contributed by atoms with Gasteiger partial charge >= 0.3 is 0 Å². The maximum absolute atomic E-state index is 12.2. The van der Waals surface area contributed by atoms with Crippen molar-refractivity contribution in [2.24, 2.45) is 17.2 Å². The molecule has 0 fully saturated rings. The molecule has 8 aromatic carbocycles. The number of carboxylic acid groups (broad SMARTS) is 2. The molecule has 8 aliphatic rings. The molecule has 0 radical (unpaired) electrons. The van der Waals surface area contributed by atoms with Crippen molar-refractivity contribution in [2.45, 2.75) is 144 Å². The lowest BCUT2D eigenvalue weighted by Crippen LogP contribution is -3.00. The molecular weight excluding hydrogens is 1750 g/mol. The number of anilines is 5. The predicted molar refractivity (Wildman–Crippen MR) is 559 cm³/mol. The summed E-state index contributed by atoms with van der Waals surface area (Å²) < 4.78 is 35.4. The zero-order valence-electron chi connectivity index (χ0n) is 83.1. The molecule has 0 spiro atoms. The second-order valence-electron chi connectivity index (χ2n) is 33.8. The molecule has 0 saturated heterocycles. The van der Waals surface area contributed by atoms with Crippen LogP contribution in [0.25, 0.3) is 134 Å². The van der Waals surface area contributed by atoms with E-state index in [4.69, 9.17) is 40.6 Å². The number of nitrogen functional groups attached to an aromatic ring is 1. The first-order chi connectivity index (χ1) is 65.5. The minimum absolute atomic E-state index is 0. The Kier molecular flexibility index (Phi) is 36.3. The third kappa shape index (κ3) is 21.8. The van der Waals surface area contributed by atoms with Crippen molar-refractivity contribution in [3.63, 3.8) is 0 Å². The van der Waals surface area contributed by atoms with E-state index in [-0.39, 0.29) is 42.5 Å². The summed E-state index contributed by atoms with van der Waals surface area (Å²) in [5.74, 6) is 0.786. The predicted octanol–water partition coefficient (Wildman–Crippen LogP) is 12.8. The Labute approximate surface area is 819 Å². The summed E-state index contributed by atoms with van der Waals surface area (Å²) in [4.78, 5) is 33.5. The van der Waals surface area contributed by atoms with Crippen LogP contribution in [0, 0.1) is 13.8 Å². The Balaban J connectivity index is 0.000000175. The Morgan fingerprint density at radius 1 is 0.307 bits per heavy atom. The van der Waals surface area contributed by atoms with Crippen LogP contribution < -0.4 is 117 Å². The van der Waals surface area contributed by atoms with E-state index >= 15 is 0 Å². The number of carbonyl (C=O) groups is 2. The number of aryl methyl sites for hydroxylation is 2. The highest BCUT2D eigenvalue weighted by Crippen LogP contribution is 2.48. The summed E-state index contributed by atoms with van der Waals surface area (Å²) in [6, 6.07) is 73.9. The molecule has 0 bridgehead atoms. The smallest absolute Gasteiger partial charge is 0.208 e. The second-order valence-corrected chi connectivity index (χ2v) is 33.8. The molecule has 22 heteroatoms. The molecule has 4 heterocycles. The van der Waals surface area contributed by atoms with E-state index in [1.54, 1.807) is 18.2 Å². The summed E-state index contributed by atoms with van der Waals surface area (Å²) in [5, 5.41) is 32.7. The van der Waals surface area contributed by atoms with Crippen LogP contribution in [-0.4, -0.2) is 117 Å². The molecular formula is C115H136Cl2N12O8. The zero-order valence-corrected chi connectivity index (χ0v) is 84.6. The molecule has 0 unspecified atom stereocenters. The molecule has 0 amide bonds. The van der Waals surface area contributed by atoms with Gasteiger partial charge in [0.1, 0.15) is 97.7 Å². The second kappa shape index (κ2) is 47.6. The monoisotopic (exact) mass is 1880 g/mol. The van der Waals surface area contributed by atoms with Crippen molar-refractivity contribution in [2.75, 3.05) is 130 Å². The summed E-state index contributed by atoms with van der Waals surface area (Å²) in [6.07, 6.45) is 0. The van der Waals surface area contributed by atoms with Crippen LogP contribution >= 0.6 is 0 Å². The van der Waals surface area contributed by atoms with Crippen LogP contribution in [0.5, 0.6) is 0 Å². The highest BCUT2D eigenvalue weighted by Gasteiger charge is 2.29. The van der Waals surface area contributed by atoms with Gasteiger partial charge in [-0.2, -0.15) is 0 Å². The first kappa shape index (κ1) is 104. The maximum atomic E-state index is 12.2. The van der Waals surface area contributed by atoms with Crippen LogP contribution in [0.2, 0.25) is 0 Å². The fourth-order valence-corrected chi connectivity index (χ4v) is 19.4. The number of hydrogen-bond acceptors (Lipinski definition) is 16. The van der Waals surface area contributed by atoms with E-state index < -0.39 is 11.9 Å². The lowest BCUT2D eigenvalue weighted by atomic mass is 9.89. The number of fused-ring (bicyclic) bond motifs is 8. The summed E-state index contributed by atoms with van der Waals surface area (Å²) in [7, 11) is 0. The topological polar surface area (TPSA) is 262 Å². The molecule has 8 aromatic rings. The first-order valence-corrected chi connectivity index (χ1v) is 48.6. The fraction of sp³-hybridized carbons (Fsp3) is 0.322. The molecule has 0 saturated carbocycles. The van der Waals surface area contributed by atoms with Gasteiger partial charge in [0.2, 0.25) is 21.4 Å². The Morgan fingerprint density at radius 2 is 0.620 bits per heavy atom. The van der Waals surface area contributed by atoms with Gasteiger partial charge in [-0.3, -0.25) is 0 Å². The third-order valence-electron chi connectivity index (χ3n) is 26.8. The number of benzene rings is 12. The zero-order chi connectivity index (χ0) is 96.6. The average Bonchev–Trinajstić information content (AvgIpc) is 0.727. The number of aromatic carboxylic acids is 2.